The number of aromatic nitrogens is 2. The van der Waals surface area contributed by atoms with Crippen LogP contribution in [-0.4, -0.2) is 22.5 Å². The van der Waals surface area contributed by atoms with Crippen LogP contribution in [0.1, 0.15) is 17.3 Å². The number of nitrogens with zero attached hydrogens (tertiary/aromatic N) is 2. The van der Waals surface area contributed by atoms with Crippen LogP contribution in [0.4, 0.5) is 11.4 Å². The molecule has 6 heteroatoms. The summed E-state index contributed by atoms with van der Waals surface area (Å²) >= 11 is 0. The van der Waals surface area contributed by atoms with Crippen molar-refractivity contribution in [2.24, 2.45) is 0 Å². The van der Waals surface area contributed by atoms with Crippen molar-refractivity contribution in [2.75, 3.05) is 17.7 Å². The number of nitrogens with one attached hydrogen (secondary N) is 1. The number of nitrogens with two attached hydrogens (primary N) is 1. The van der Waals surface area contributed by atoms with E-state index in [0.717, 1.165) is 0 Å². The highest BCUT2D eigenvalue weighted by Gasteiger charge is 2.16. The van der Waals surface area contributed by atoms with Gasteiger partial charge in [-0.1, -0.05) is 6.07 Å². The van der Waals surface area contributed by atoms with Crippen LogP contribution >= 0.6 is 0 Å². The van der Waals surface area contributed by atoms with E-state index in [0.29, 0.717) is 29.3 Å². The van der Waals surface area contributed by atoms with E-state index in [1.165, 1.54) is 18.7 Å². The van der Waals surface area contributed by atoms with Crippen molar-refractivity contribution in [3.8, 4) is 5.75 Å². The van der Waals surface area contributed by atoms with Crippen LogP contribution in [0.5, 0.6) is 5.75 Å². The average Bonchev–Trinajstić information content (AvgIpc) is 2.40. The molecule has 19 heavy (non-hydrogen) atoms. The van der Waals surface area contributed by atoms with Gasteiger partial charge >= 0.3 is 0 Å². The molecule has 98 valence electrons. The molecule has 0 saturated carbocycles. The predicted molar refractivity (Wildman–Crippen MR) is 72.0 cm³/mol. The molecule has 1 aromatic carbocycles. The summed E-state index contributed by atoms with van der Waals surface area (Å²) in [6.45, 7) is 2.30. The molecule has 0 aliphatic heterocycles. The molecule has 0 bridgehead atoms. The number of ether oxygens (including phenoxy) is 1. The fraction of sp³-hybridized carbons (Fsp3) is 0.154. The summed E-state index contributed by atoms with van der Waals surface area (Å²) in [6.07, 6.45) is 4.40. The van der Waals surface area contributed by atoms with Gasteiger partial charge in [-0.05, 0) is 19.1 Å². The van der Waals surface area contributed by atoms with Gasteiger partial charge in [-0.25, -0.2) is 9.97 Å². The average molecular weight is 258 g/mol. The zero-order valence-electron chi connectivity index (χ0n) is 10.5. The van der Waals surface area contributed by atoms with Crippen LogP contribution in [0.3, 0.4) is 0 Å². The summed E-state index contributed by atoms with van der Waals surface area (Å²) in [6, 6.07) is 5.10. The molecule has 0 spiro atoms. The number of amides is 1. The molecule has 0 aliphatic rings. The number of rotatable bonds is 4. The number of anilines is 2. The monoisotopic (exact) mass is 258 g/mol. The molecular weight excluding hydrogens is 244 g/mol. The normalized spacial score (nSPS) is 9.95. The van der Waals surface area contributed by atoms with Crippen LogP contribution in [-0.2, 0) is 0 Å². The van der Waals surface area contributed by atoms with E-state index in [1.54, 1.807) is 18.2 Å². The highest BCUT2D eigenvalue weighted by atomic mass is 16.5. The second-order valence-corrected chi connectivity index (χ2v) is 3.73. The van der Waals surface area contributed by atoms with Gasteiger partial charge in [0.2, 0.25) is 0 Å². The molecule has 6 nitrogen and oxygen atoms in total. The Morgan fingerprint density at radius 3 is 2.79 bits per heavy atom. The minimum atomic E-state index is -0.351. The lowest BCUT2D eigenvalue weighted by atomic mass is 10.1. The van der Waals surface area contributed by atoms with Crippen molar-refractivity contribution in [1.29, 1.82) is 0 Å². The molecule has 2 aromatic rings. The Kier molecular flexibility index (Phi) is 3.92. The topological polar surface area (TPSA) is 90.1 Å². The summed E-state index contributed by atoms with van der Waals surface area (Å²) in [5.41, 5.74) is 7.01. The minimum absolute atomic E-state index is 0.313. The zero-order valence-corrected chi connectivity index (χ0v) is 10.5. The smallest absolute Gasteiger partial charge is 0.261 e. The molecule has 3 N–H and O–H groups in total. The molecule has 1 heterocycles. The Morgan fingerprint density at radius 2 is 2.11 bits per heavy atom. The second-order valence-electron chi connectivity index (χ2n) is 3.73. The Hall–Kier alpha value is -2.63. The van der Waals surface area contributed by atoms with Gasteiger partial charge in [0.25, 0.3) is 5.91 Å². The molecule has 0 unspecified atom stereocenters. The molecule has 1 aromatic heterocycles. The lowest BCUT2D eigenvalue weighted by Crippen LogP contribution is -2.16. The van der Waals surface area contributed by atoms with E-state index < -0.39 is 0 Å². The van der Waals surface area contributed by atoms with E-state index in [4.69, 9.17) is 10.5 Å². The number of benzene rings is 1. The predicted octanol–water partition coefficient (Wildman–Crippen LogP) is 1.71. The van der Waals surface area contributed by atoms with Gasteiger partial charge in [0, 0.05) is 5.69 Å². The Balaban J connectivity index is 2.28. The summed E-state index contributed by atoms with van der Waals surface area (Å²) < 4.78 is 5.40. The lowest BCUT2D eigenvalue weighted by Gasteiger charge is -2.12. The Morgan fingerprint density at radius 1 is 1.37 bits per heavy atom. The van der Waals surface area contributed by atoms with E-state index in [2.05, 4.69) is 15.3 Å². The zero-order chi connectivity index (χ0) is 13.7. The highest BCUT2D eigenvalue weighted by Crippen LogP contribution is 2.25. The first-order chi connectivity index (χ1) is 9.22. The molecule has 0 radical (unpaired) electrons. The standard InChI is InChI=1S/C13H14N4O2/c1-2-19-11-5-3-4-10(14)12(11)13(18)17-9-6-15-8-16-7-9/h3-8H,2,14H2,1H3,(H,17,18). The highest BCUT2D eigenvalue weighted by molar-refractivity contribution is 6.09. The number of carbonyl (C=O) groups is 1. The molecule has 0 saturated heterocycles. The fourth-order valence-electron chi connectivity index (χ4n) is 1.62. The van der Waals surface area contributed by atoms with Gasteiger partial charge in [-0.3, -0.25) is 4.79 Å². The first-order valence-electron chi connectivity index (χ1n) is 5.80. The van der Waals surface area contributed by atoms with Crippen LogP contribution < -0.4 is 15.8 Å². The maximum absolute atomic E-state index is 12.2. The quantitative estimate of drug-likeness (QED) is 0.815. The third kappa shape index (κ3) is 2.98. The van der Waals surface area contributed by atoms with Crippen molar-refractivity contribution >= 4 is 17.3 Å². The molecule has 0 aliphatic carbocycles. The molecular formula is C13H14N4O2. The van der Waals surface area contributed by atoms with Crippen LogP contribution in [0.15, 0.2) is 36.9 Å². The maximum atomic E-state index is 12.2. The maximum Gasteiger partial charge on any atom is 0.261 e. The third-order valence-corrected chi connectivity index (χ3v) is 2.40. The largest absolute Gasteiger partial charge is 0.493 e. The number of hydrogen-bond acceptors (Lipinski definition) is 5. The van der Waals surface area contributed by atoms with E-state index in [-0.39, 0.29) is 5.91 Å². The Labute approximate surface area is 110 Å². The van der Waals surface area contributed by atoms with Crippen LogP contribution in [0.2, 0.25) is 0 Å². The fourth-order valence-corrected chi connectivity index (χ4v) is 1.62. The summed E-state index contributed by atoms with van der Waals surface area (Å²) in [5, 5.41) is 2.67. The van der Waals surface area contributed by atoms with E-state index in [9.17, 15) is 4.79 Å². The van der Waals surface area contributed by atoms with Crippen LogP contribution in [0.25, 0.3) is 0 Å². The number of carbonyl (C=O) groups excluding carboxylic acids is 1. The van der Waals surface area contributed by atoms with Gasteiger partial charge in [-0.15, -0.1) is 0 Å². The van der Waals surface area contributed by atoms with Crippen molar-refractivity contribution < 1.29 is 9.53 Å². The summed E-state index contributed by atoms with van der Waals surface area (Å²) in [5.74, 6) is 0.105. The summed E-state index contributed by atoms with van der Waals surface area (Å²) in [7, 11) is 0. The van der Waals surface area contributed by atoms with E-state index in [1.807, 2.05) is 6.92 Å². The van der Waals surface area contributed by atoms with Crippen molar-refractivity contribution in [1.82, 2.24) is 9.97 Å². The van der Waals surface area contributed by atoms with E-state index >= 15 is 0 Å². The van der Waals surface area contributed by atoms with Gasteiger partial charge < -0.3 is 15.8 Å². The van der Waals surface area contributed by atoms with Gasteiger partial charge in [0.1, 0.15) is 17.6 Å². The van der Waals surface area contributed by atoms with Gasteiger partial charge in [0.05, 0.1) is 24.7 Å². The van der Waals surface area contributed by atoms with Crippen LogP contribution in [0, 0.1) is 0 Å². The number of nitrogen functional groups attached to an aromatic ring is 1. The number of hydrogen-bond donors (Lipinski definition) is 2. The molecule has 2 rings (SSSR count). The van der Waals surface area contributed by atoms with Crippen molar-refractivity contribution in [3.05, 3.63) is 42.5 Å². The van der Waals surface area contributed by atoms with Gasteiger partial charge in [-0.2, -0.15) is 0 Å². The molecule has 1 amide bonds. The van der Waals surface area contributed by atoms with Gasteiger partial charge in [0.15, 0.2) is 0 Å². The van der Waals surface area contributed by atoms with Crippen molar-refractivity contribution in [2.45, 2.75) is 6.92 Å². The SMILES string of the molecule is CCOc1cccc(N)c1C(=O)Nc1cncnc1. The Bertz CT molecular complexity index is 572. The first kappa shape index (κ1) is 12.8. The minimum Gasteiger partial charge on any atom is -0.493 e. The van der Waals surface area contributed by atoms with Crippen molar-refractivity contribution in [3.63, 3.8) is 0 Å². The second kappa shape index (κ2) is 5.81. The molecule has 0 fully saturated rings. The first-order valence-corrected chi connectivity index (χ1v) is 5.80. The lowest BCUT2D eigenvalue weighted by molar-refractivity contribution is 0.102. The third-order valence-electron chi connectivity index (χ3n) is 2.40. The summed E-state index contributed by atoms with van der Waals surface area (Å²) in [4.78, 5) is 19.9. The molecule has 0 atom stereocenters.